The summed E-state index contributed by atoms with van der Waals surface area (Å²) >= 11 is 0. The highest BCUT2D eigenvalue weighted by atomic mass is 16.6. The van der Waals surface area contributed by atoms with E-state index in [1.807, 2.05) is 30.3 Å². The predicted molar refractivity (Wildman–Crippen MR) is 110 cm³/mol. The molecule has 3 aliphatic heterocycles. The van der Waals surface area contributed by atoms with Gasteiger partial charge in [-0.2, -0.15) is 0 Å². The molecule has 3 saturated heterocycles. The number of ether oxygens (including phenoxy) is 3. The van der Waals surface area contributed by atoms with Crippen LogP contribution in [0.5, 0.6) is 0 Å². The van der Waals surface area contributed by atoms with Gasteiger partial charge in [-0.05, 0) is 24.3 Å². The van der Waals surface area contributed by atoms with Crippen LogP contribution in [0.15, 0.2) is 30.3 Å². The molecule has 0 N–H and O–H groups in total. The van der Waals surface area contributed by atoms with Crippen LogP contribution in [0.1, 0.15) is 44.1 Å². The molecule has 30 heavy (non-hydrogen) atoms. The average molecular weight is 415 g/mol. The Morgan fingerprint density at radius 2 is 1.60 bits per heavy atom. The van der Waals surface area contributed by atoms with E-state index in [1.54, 1.807) is 0 Å². The number of carbonyl (C=O) groups is 2. The monoisotopic (exact) mass is 414 g/mol. The zero-order valence-electron chi connectivity index (χ0n) is 18.1. The maximum atomic E-state index is 13.8. The lowest BCUT2D eigenvalue weighted by atomic mass is 9.69. The fourth-order valence-corrected chi connectivity index (χ4v) is 6.65. The molecule has 4 aliphatic rings. The van der Waals surface area contributed by atoms with Gasteiger partial charge in [-0.3, -0.25) is 9.59 Å². The Hall–Kier alpha value is -1.92. The molecule has 6 nitrogen and oxygen atoms in total. The summed E-state index contributed by atoms with van der Waals surface area (Å²) in [6.07, 6.45) is 5.68. The van der Waals surface area contributed by atoms with Crippen molar-refractivity contribution in [2.45, 2.75) is 74.3 Å². The molecule has 6 heteroatoms. The minimum absolute atomic E-state index is 0.0934. The van der Waals surface area contributed by atoms with Gasteiger partial charge in [0.2, 0.25) is 0 Å². The minimum atomic E-state index is -1.38. The first-order chi connectivity index (χ1) is 14.4. The first kappa shape index (κ1) is 20.0. The van der Waals surface area contributed by atoms with Crippen LogP contribution in [0.25, 0.3) is 0 Å². The zero-order valence-corrected chi connectivity index (χ0v) is 18.1. The van der Waals surface area contributed by atoms with Crippen molar-refractivity contribution in [3.05, 3.63) is 35.9 Å². The molecular formula is C24H32NO5+. The highest BCUT2D eigenvalue weighted by Crippen LogP contribution is 2.52. The number of fused-ring (bicyclic) bond motifs is 5. The third-order valence-electron chi connectivity index (χ3n) is 8.34. The number of quaternary nitrogens is 1. The van der Waals surface area contributed by atoms with E-state index in [-0.39, 0.29) is 12.0 Å². The number of hydrogen-bond donors (Lipinski definition) is 0. The molecule has 0 spiro atoms. The molecule has 1 saturated carbocycles. The molecule has 0 aromatic heterocycles. The van der Waals surface area contributed by atoms with Crippen LogP contribution in [-0.2, 0) is 29.2 Å². The molecule has 6 atom stereocenters. The maximum Gasteiger partial charge on any atom is 0.328 e. The number of benzene rings is 1. The molecule has 2 unspecified atom stereocenters. The first-order valence-electron chi connectivity index (χ1n) is 11.2. The topological polar surface area (TPSA) is 65.1 Å². The van der Waals surface area contributed by atoms with E-state index in [9.17, 15) is 9.59 Å². The average Bonchev–Trinajstić information content (AvgIpc) is 3.30. The lowest BCUT2D eigenvalue weighted by molar-refractivity contribution is -0.938. The van der Waals surface area contributed by atoms with Crippen molar-refractivity contribution in [2.24, 2.45) is 5.92 Å². The van der Waals surface area contributed by atoms with E-state index in [0.717, 1.165) is 43.0 Å². The second-order valence-electron chi connectivity index (χ2n) is 9.97. The van der Waals surface area contributed by atoms with Crippen molar-refractivity contribution in [1.29, 1.82) is 0 Å². The molecule has 1 aromatic rings. The number of likely N-dealkylation sites (N-methyl/N-ethyl adjacent to an activating group) is 1. The summed E-state index contributed by atoms with van der Waals surface area (Å²) in [5, 5.41) is 0. The van der Waals surface area contributed by atoms with E-state index in [4.69, 9.17) is 14.2 Å². The van der Waals surface area contributed by atoms with Crippen molar-refractivity contribution in [3.8, 4) is 0 Å². The van der Waals surface area contributed by atoms with Gasteiger partial charge in [0.15, 0.2) is 5.41 Å². The zero-order chi connectivity index (χ0) is 21.1. The summed E-state index contributed by atoms with van der Waals surface area (Å²) < 4.78 is 18.2. The predicted octanol–water partition coefficient (Wildman–Crippen LogP) is 2.59. The smallest absolute Gasteiger partial charge is 0.328 e. The Balaban J connectivity index is 1.46. The highest BCUT2D eigenvalue weighted by Gasteiger charge is 2.71. The van der Waals surface area contributed by atoms with E-state index in [2.05, 4.69) is 14.1 Å². The minimum Gasteiger partial charge on any atom is -0.468 e. The molecule has 1 aromatic carbocycles. The third-order valence-corrected chi connectivity index (χ3v) is 8.34. The Kier molecular flexibility index (Phi) is 4.71. The van der Waals surface area contributed by atoms with Crippen LogP contribution < -0.4 is 0 Å². The molecule has 2 bridgehead atoms. The fraction of sp³-hybridized carbons (Fsp3) is 0.667. The van der Waals surface area contributed by atoms with Gasteiger partial charge in [0.25, 0.3) is 0 Å². The van der Waals surface area contributed by atoms with Gasteiger partial charge in [-0.1, -0.05) is 43.2 Å². The normalized spacial score (nSPS) is 35.9. The van der Waals surface area contributed by atoms with E-state index in [0.29, 0.717) is 29.9 Å². The molecule has 0 radical (unpaired) electrons. The van der Waals surface area contributed by atoms with Crippen molar-refractivity contribution in [3.63, 3.8) is 0 Å². The second-order valence-corrected chi connectivity index (χ2v) is 9.97. The maximum absolute atomic E-state index is 13.8. The van der Waals surface area contributed by atoms with Crippen molar-refractivity contribution < 1.29 is 28.3 Å². The second kappa shape index (κ2) is 7.06. The number of piperidine rings is 1. The molecule has 5 rings (SSSR count). The summed E-state index contributed by atoms with van der Waals surface area (Å²) in [5.74, 6) is -1.02. The van der Waals surface area contributed by atoms with Crippen molar-refractivity contribution >= 4 is 11.9 Å². The number of carbonyl (C=O) groups excluding carboxylic acids is 2. The van der Waals surface area contributed by atoms with Crippen LogP contribution in [0.3, 0.4) is 0 Å². The molecule has 0 amide bonds. The number of epoxide rings is 1. The van der Waals surface area contributed by atoms with E-state index >= 15 is 0 Å². The quantitative estimate of drug-likeness (QED) is 0.321. The number of morpholine rings is 1. The summed E-state index contributed by atoms with van der Waals surface area (Å²) in [6, 6.07) is 10.1. The number of hydrogen-bond acceptors (Lipinski definition) is 5. The SMILES string of the molecule is COC(=O)C(C(=O)OC1C[C@@H]2[C@H]3O[C@H]3[C@H](C1)[N+]2(C)C)(c1ccccc1)C1CCCC1. The summed E-state index contributed by atoms with van der Waals surface area (Å²) in [4.78, 5) is 27.1. The van der Waals surface area contributed by atoms with Gasteiger partial charge in [0.1, 0.15) is 30.4 Å². The van der Waals surface area contributed by atoms with Crippen molar-refractivity contribution in [2.75, 3.05) is 21.2 Å². The lowest BCUT2D eigenvalue weighted by Crippen LogP contribution is -2.60. The number of esters is 2. The highest BCUT2D eigenvalue weighted by molar-refractivity contribution is 6.07. The summed E-state index contributed by atoms with van der Waals surface area (Å²) in [7, 11) is 5.88. The van der Waals surface area contributed by atoms with Crippen LogP contribution in [0, 0.1) is 5.92 Å². The molecule has 4 fully saturated rings. The Morgan fingerprint density at radius 3 is 2.17 bits per heavy atom. The van der Waals surface area contributed by atoms with Crippen LogP contribution in [0.2, 0.25) is 0 Å². The number of nitrogens with zero attached hydrogens (tertiary/aromatic N) is 1. The van der Waals surface area contributed by atoms with Gasteiger partial charge in [-0.15, -0.1) is 0 Å². The van der Waals surface area contributed by atoms with Gasteiger partial charge in [-0.25, -0.2) is 0 Å². The van der Waals surface area contributed by atoms with Gasteiger partial charge in [0.05, 0.1) is 21.2 Å². The molecular weight excluding hydrogens is 382 g/mol. The van der Waals surface area contributed by atoms with Crippen molar-refractivity contribution in [1.82, 2.24) is 0 Å². The molecule has 3 heterocycles. The van der Waals surface area contributed by atoms with Gasteiger partial charge in [0, 0.05) is 12.8 Å². The van der Waals surface area contributed by atoms with E-state index < -0.39 is 17.4 Å². The van der Waals surface area contributed by atoms with Gasteiger partial charge >= 0.3 is 11.9 Å². The Bertz CT molecular complexity index is 813. The molecule has 1 aliphatic carbocycles. The third kappa shape index (κ3) is 2.76. The lowest BCUT2D eigenvalue weighted by Gasteiger charge is -2.46. The fourth-order valence-electron chi connectivity index (χ4n) is 6.65. The van der Waals surface area contributed by atoms with Gasteiger partial charge < -0.3 is 18.7 Å². The van der Waals surface area contributed by atoms with E-state index in [1.165, 1.54) is 7.11 Å². The summed E-state index contributed by atoms with van der Waals surface area (Å²) in [6.45, 7) is 0. The largest absolute Gasteiger partial charge is 0.468 e. The summed E-state index contributed by atoms with van der Waals surface area (Å²) in [5.41, 5.74) is -0.692. The Labute approximate surface area is 178 Å². The standard InChI is InChI=1S/C24H32NO5/c1-25(2)18-13-17(14-19(25)21-20(18)30-21)29-23(27)24(22(26)28-3,16-11-7-8-12-16)15-9-5-4-6-10-15/h4-6,9-10,16-21H,7-8,11-14H2,1-3H3/q+1/t17?,18-,19+,20-,21+,24?. The van der Waals surface area contributed by atoms with Crippen LogP contribution >= 0.6 is 0 Å². The Morgan fingerprint density at radius 1 is 1.00 bits per heavy atom. The number of methoxy groups -OCH3 is 1. The number of rotatable bonds is 5. The van der Waals surface area contributed by atoms with Crippen LogP contribution in [0.4, 0.5) is 0 Å². The van der Waals surface area contributed by atoms with Crippen LogP contribution in [-0.4, -0.2) is 68.0 Å². The molecule has 162 valence electrons. The first-order valence-corrected chi connectivity index (χ1v) is 11.2.